The number of benzene rings is 2. The minimum Gasteiger partial charge on any atom is -0.399 e. The van der Waals surface area contributed by atoms with Crippen molar-refractivity contribution in [3.8, 4) is 22.4 Å². The molecule has 0 atom stereocenters. The van der Waals surface area contributed by atoms with E-state index in [4.69, 9.17) is 5.73 Å². The molecule has 3 heterocycles. The summed E-state index contributed by atoms with van der Waals surface area (Å²) in [5.41, 5.74) is 13.7. The summed E-state index contributed by atoms with van der Waals surface area (Å²) in [6, 6.07) is 21.3. The summed E-state index contributed by atoms with van der Waals surface area (Å²) in [5.74, 6) is 0.665. The smallest absolute Gasteiger partial charge is 0.138 e. The Labute approximate surface area is 171 Å². The van der Waals surface area contributed by atoms with Crippen LogP contribution in [0.3, 0.4) is 0 Å². The van der Waals surface area contributed by atoms with Gasteiger partial charge in [-0.2, -0.15) is 0 Å². The molecule has 2 aromatic carbocycles. The molecule has 29 heavy (non-hydrogen) atoms. The van der Waals surface area contributed by atoms with Gasteiger partial charge in [-0.25, -0.2) is 4.98 Å². The minimum absolute atomic E-state index is 0.665. The number of pyridine rings is 1. The van der Waals surface area contributed by atoms with Crippen molar-refractivity contribution in [3.63, 3.8) is 0 Å². The number of likely N-dealkylation sites (tertiary alicyclic amines) is 1. The zero-order valence-corrected chi connectivity index (χ0v) is 16.7. The lowest BCUT2D eigenvalue weighted by atomic mass is 9.88. The van der Waals surface area contributed by atoms with E-state index in [2.05, 4.69) is 58.3 Å². The molecule has 0 aliphatic carbocycles. The normalized spacial score (nSPS) is 15.8. The average Bonchev–Trinajstić information content (AvgIpc) is 3.14. The summed E-state index contributed by atoms with van der Waals surface area (Å²) in [6.45, 7) is 2.36. The number of fused-ring (bicyclic) bond motifs is 1. The third-order valence-corrected chi connectivity index (χ3v) is 6.14. The first kappa shape index (κ1) is 18.0. The van der Waals surface area contributed by atoms with Crippen LogP contribution >= 0.6 is 0 Å². The summed E-state index contributed by atoms with van der Waals surface area (Å²) in [5, 5.41) is 1.12. The van der Waals surface area contributed by atoms with Gasteiger partial charge < -0.3 is 15.6 Å². The van der Waals surface area contributed by atoms with Gasteiger partial charge in [0.25, 0.3) is 0 Å². The van der Waals surface area contributed by atoms with Crippen LogP contribution in [0.15, 0.2) is 66.9 Å². The topological polar surface area (TPSA) is 57.9 Å². The highest BCUT2D eigenvalue weighted by molar-refractivity contribution is 6.02. The molecule has 1 fully saturated rings. The molecule has 0 spiro atoms. The van der Waals surface area contributed by atoms with Crippen LogP contribution in [0, 0.1) is 0 Å². The summed E-state index contributed by atoms with van der Waals surface area (Å²) in [7, 11) is 2.21. The molecule has 1 saturated heterocycles. The molecule has 1 aliphatic heterocycles. The standard InChI is InChI=1S/C25H26N4/c1-29-14-11-18(12-15-29)17-7-9-19(10-8-17)24-23(20-4-2-5-21(26)16-20)22-6-3-13-27-25(22)28-24/h2-10,13,16,18H,11-12,14-15,26H2,1H3,(H,27,28). The molecule has 0 saturated carbocycles. The van der Waals surface area contributed by atoms with Crippen molar-refractivity contribution in [1.82, 2.24) is 14.9 Å². The fourth-order valence-corrected chi connectivity index (χ4v) is 4.50. The monoisotopic (exact) mass is 382 g/mol. The number of aromatic amines is 1. The maximum atomic E-state index is 6.08. The molecule has 2 aromatic heterocycles. The highest BCUT2D eigenvalue weighted by Crippen LogP contribution is 2.39. The lowest BCUT2D eigenvalue weighted by molar-refractivity contribution is 0.255. The highest BCUT2D eigenvalue weighted by atomic mass is 15.1. The second-order valence-corrected chi connectivity index (χ2v) is 8.10. The molecular weight excluding hydrogens is 356 g/mol. The zero-order chi connectivity index (χ0) is 19.8. The maximum absolute atomic E-state index is 6.08. The van der Waals surface area contributed by atoms with Gasteiger partial charge in [0.15, 0.2) is 0 Å². The summed E-state index contributed by atoms with van der Waals surface area (Å²) in [6.07, 6.45) is 4.30. The van der Waals surface area contributed by atoms with Gasteiger partial charge in [0, 0.05) is 22.8 Å². The number of H-pyrrole nitrogens is 1. The number of anilines is 1. The number of nitrogens with two attached hydrogens (primary N) is 1. The molecule has 1 aliphatic rings. The number of nitrogens with one attached hydrogen (secondary N) is 1. The van der Waals surface area contributed by atoms with Crippen LogP contribution in [0.25, 0.3) is 33.4 Å². The number of hydrogen-bond acceptors (Lipinski definition) is 3. The molecular formula is C25H26N4. The predicted molar refractivity (Wildman–Crippen MR) is 121 cm³/mol. The van der Waals surface area contributed by atoms with Gasteiger partial charge in [0.2, 0.25) is 0 Å². The molecule has 146 valence electrons. The van der Waals surface area contributed by atoms with Gasteiger partial charge in [-0.15, -0.1) is 0 Å². The maximum Gasteiger partial charge on any atom is 0.138 e. The van der Waals surface area contributed by atoms with Gasteiger partial charge in [-0.1, -0.05) is 36.4 Å². The van der Waals surface area contributed by atoms with Gasteiger partial charge in [0.05, 0.1) is 5.69 Å². The number of hydrogen-bond donors (Lipinski definition) is 2. The Bertz CT molecular complexity index is 1140. The van der Waals surface area contributed by atoms with Crippen molar-refractivity contribution in [2.75, 3.05) is 25.9 Å². The number of aromatic nitrogens is 2. The first-order valence-corrected chi connectivity index (χ1v) is 10.3. The quantitative estimate of drug-likeness (QED) is 0.474. The first-order valence-electron chi connectivity index (χ1n) is 10.3. The van der Waals surface area contributed by atoms with Crippen molar-refractivity contribution in [2.24, 2.45) is 0 Å². The fraction of sp³-hybridized carbons (Fsp3) is 0.240. The average molecular weight is 383 g/mol. The van der Waals surface area contributed by atoms with Crippen molar-refractivity contribution in [1.29, 1.82) is 0 Å². The Morgan fingerprint density at radius 2 is 1.76 bits per heavy atom. The van der Waals surface area contributed by atoms with Gasteiger partial charge >= 0.3 is 0 Å². The molecule has 4 nitrogen and oxygen atoms in total. The van der Waals surface area contributed by atoms with Crippen LogP contribution in [0.1, 0.15) is 24.3 Å². The molecule has 0 amide bonds. The first-order chi connectivity index (χ1) is 14.2. The third kappa shape index (κ3) is 3.40. The van der Waals surface area contributed by atoms with Crippen molar-refractivity contribution >= 4 is 16.7 Å². The van der Waals surface area contributed by atoms with Crippen LogP contribution in [0.2, 0.25) is 0 Å². The van der Waals surface area contributed by atoms with Gasteiger partial charge in [-0.05, 0) is 79.9 Å². The molecule has 4 heteroatoms. The molecule has 5 rings (SSSR count). The Balaban J connectivity index is 1.57. The van der Waals surface area contributed by atoms with E-state index < -0.39 is 0 Å². The summed E-state index contributed by atoms with van der Waals surface area (Å²) >= 11 is 0. The van der Waals surface area contributed by atoms with E-state index in [0.717, 1.165) is 33.5 Å². The number of nitrogens with zero attached hydrogens (tertiary/aromatic N) is 2. The highest BCUT2D eigenvalue weighted by Gasteiger charge is 2.19. The second kappa shape index (κ2) is 7.37. The number of nitrogen functional groups attached to an aromatic ring is 1. The van der Waals surface area contributed by atoms with Crippen LogP contribution in [-0.4, -0.2) is 35.0 Å². The molecule has 0 unspecified atom stereocenters. The third-order valence-electron chi connectivity index (χ3n) is 6.14. The lowest BCUT2D eigenvalue weighted by Gasteiger charge is -2.29. The molecule has 0 bridgehead atoms. The van der Waals surface area contributed by atoms with E-state index in [9.17, 15) is 0 Å². The Hall–Kier alpha value is -3.11. The van der Waals surface area contributed by atoms with Gasteiger partial charge in [-0.3, -0.25) is 0 Å². The lowest BCUT2D eigenvalue weighted by Crippen LogP contribution is -2.29. The summed E-state index contributed by atoms with van der Waals surface area (Å²) < 4.78 is 0. The molecule has 3 N–H and O–H groups in total. The van der Waals surface area contributed by atoms with E-state index >= 15 is 0 Å². The number of rotatable bonds is 3. The molecule has 0 radical (unpaired) electrons. The SMILES string of the molecule is CN1CCC(c2ccc(-c3[nH]c4ncccc4c3-c3cccc(N)c3)cc2)CC1. The van der Waals surface area contributed by atoms with E-state index in [1.165, 1.54) is 37.1 Å². The fourth-order valence-electron chi connectivity index (χ4n) is 4.50. The van der Waals surface area contributed by atoms with Gasteiger partial charge in [0.1, 0.15) is 5.65 Å². The van der Waals surface area contributed by atoms with Crippen LogP contribution < -0.4 is 5.73 Å². The predicted octanol–water partition coefficient (Wildman–Crippen LogP) is 5.29. The largest absolute Gasteiger partial charge is 0.399 e. The van der Waals surface area contributed by atoms with Crippen molar-refractivity contribution in [2.45, 2.75) is 18.8 Å². The Morgan fingerprint density at radius 1 is 0.966 bits per heavy atom. The minimum atomic E-state index is 0.665. The van der Waals surface area contributed by atoms with E-state index in [0.29, 0.717) is 5.92 Å². The second-order valence-electron chi connectivity index (χ2n) is 8.10. The van der Waals surface area contributed by atoms with E-state index in [1.54, 1.807) is 0 Å². The van der Waals surface area contributed by atoms with E-state index in [1.807, 2.05) is 30.5 Å². The Morgan fingerprint density at radius 3 is 2.52 bits per heavy atom. The molecule has 4 aromatic rings. The number of piperidine rings is 1. The van der Waals surface area contributed by atoms with Crippen molar-refractivity contribution < 1.29 is 0 Å². The van der Waals surface area contributed by atoms with Crippen LogP contribution in [-0.2, 0) is 0 Å². The Kier molecular flexibility index (Phi) is 4.57. The van der Waals surface area contributed by atoms with E-state index in [-0.39, 0.29) is 0 Å². The van der Waals surface area contributed by atoms with Crippen molar-refractivity contribution in [3.05, 3.63) is 72.4 Å². The van der Waals surface area contributed by atoms with Crippen LogP contribution in [0.5, 0.6) is 0 Å². The summed E-state index contributed by atoms with van der Waals surface area (Å²) in [4.78, 5) is 10.5. The zero-order valence-electron chi connectivity index (χ0n) is 16.7. The van der Waals surface area contributed by atoms with Crippen LogP contribution in [0.4, 0.5) is 5.69 Å².